The van der Waals surface area contributed by atoms with Crippen molar-refractivity contribution in [3.05, 3.63) is 28.8 Å². The zero-order valence-electron chi connectivity index (χ0n) is 11.8. The van der Waals surface area contributed by atoms with Crippen LogP contribution >= 0.6 is 11.6 Å². The molecule has 1 saturated heterocycles. The first-order valence-electron chi connectivity index (χ1n) is 7.07. The quantitative estimate of drug-likeness (QED) is 0.834. The van der Waals surface area contributed by atoms with Crippen LogP contribution in [0.25, 0.3) is 0 Å². The third kappa shape index (κ3) is 4.10. The molecular weight excluding hydrogens is 258 g/mol. The van der Waals surface area contributed by atoms with Crippen LogP contribution in [0.3, 0.4) is 0 Å². The van der Waals surface area contributed by atoms with E-state index in [2.05, 4.69) is 24.1 Å². The molecule has 0 unspecified atom stereocenters. The molecule has 106 valence electrons. The number of rotatable bonds is 4. The molecule has 0 atom stereocenters. The summed E-state index contributed by atoms with van der Waals surface area (Å²) < 4.78 is 0. The van der Waals surface area contributed by atoms with E-state index < -0.39 is 0 Å². The average Bonchev–Trinajstić information content (AvgIpc) is 2.40. The molecule has 19 heavy (non-hydrogen) atoms. The minimum absolute atomic E-state index is 0.591. The summed E-state index contributed by atoms with van der Waals surface area (Å²) in [6, 6.07) is 6.91. The Morgan fingerprint density at radius 1 is 1.37 bits per heavy atom. The molecule has 1 aliphatic heterocycles. The molecule has 3 nitrogen and oxygen atoms in total. The van der Waals surface area contributed by atoms with Gasteiger partial charge >= 0.3 is 0 Å². The molecule has 1 aliphatic rings. The van der Waals surface area contributed by atoms with Gasteiger partial charge in [0.15, 0.2) is 0 Å². The molecule has 1 aromatic carbocycles. The number of nitrogens with two attached hydrogens (primary N) is 1. The van der Waals surface area contributed by atoms with Gasteiger partial charge in [0.1, 0.15) is 0 Å². The van der Waals surface area contributed by atoms with Crippen LogP contribution in [0.5, 0.6) is 0 Å². The van der Waals surface area contributed by atoms with Gasteiger partial charge in [0.05, 0.1) is 0 Å². The molecule has 0 aliphatic carbocycles. The number of likely N-dealkylation sites (tertiary alicyclic amines) is 1. The van der Waals surface area contributed by atoms with Crippen molar-refractivity contribution in [2.45, 2.75) is 45.3 Å². The molecule has 0 bridgehead atoms. The molecule has 3 N–H and O–H groups in total. The summed E-state index contributed by atoms with van der Waals surface area (Å²) >= 11 is 6.00. The van der Waals surface area contributed by atoms with E-state index in [1.807, 2.05) is 18.2 Å². The summed E-state index contributed by atoms with van der Waals surface area (Å²) in [6.07, 6.45) is 2.41. The molecule has 4 heteroatoms. The molecule has 0 aromatic heterocycles. The molecule has 1 heterocycles. The highest BCUT2D eigenvalue weighted by Gasteiger charge is 2.20. The Kier molecular flexibility index (Phi) is 5.08. The molecule has 0 radical (unpaired) electrons. The third-order valence-corrected chi connectivity index (χ3v) is 4.18. The summed E-state index contributed by atoms with van der Waals surface area (Å²) in [5.41, 5.74) is 7.87. The van der Waals surface area contributed by atoms with E-state index in [0.29, 0.717) is 12.1 Å². The Hall–Kier alpha value is -0.770. The number of halogens is 1. The number of piperidine rings is 1. The minimum atomic E-state index is 0.591. The van der Waals surface area contributed by atoms with Crippen molar-refractivity contribution < 1.29 is 0 Å². The van der Waals surface area contributed by atoms with E-state index in [1.165, 1.54) is 25.9 Å². The van der Waals surface area contributed by atoms with Gasteiger partial charge in [-0.15, -0.1) is 0 Å². The highest BCUT2D eigenvalue weighted by atomic mass is 35.5. The highest BCUT2D eigenvalue weighted by Crippen LogP contribution is 2.19. The fourth-order valence-electron chi connectivity index (χ4n) is 2.60. The maximum Gasteiger partial charge on any atom is 0.0410 e. The second-order valence-electron chi connectivity index (χ2n) is 5.63. The number of nitrogen functional groups attached to an aromatic ring is 1. The van der Waals surface area contributed by atoms with Gasteiger partial charge in [0.2, 0.25) is 0 Å². The Morgan fingerprint density at radius 2 is 2.05 bits per heavy atom. The molecule has 1 aromatic rings. The lowest BCUT2D eigenvalue weighted by molar-refractivity contribution is 0.161. The minimum Gasteiger partial charge on any atom is -0.398 e. The summed E-state index contributed by atoms with van der Waals surface area (Å²) in [5.74, 6) is 0. The van der Waals surface area contributed by atoms with Gasteiger partial charge in [-0.1, -0.05) is 11.6 Å². The molecule has 2 rings (SSSR count). The zero-order chi connectivity index (χ0) is 13.8. The smallest absolute Gasteiger partial charge is 0.0410 e. The van der Waals surface area contributed by atoms with E-state index in [-0.39, 0.29) is 0 Å². The Labute approximate surface area is 121 Å². The first-order chi connectivity index (χ1) is 9.06. The maximum atomic E-state index is 6.00. The van der Waals surface area contributed by atoms with Gasteiger partial charge in [-0.05, 0) is 63.5 Å². The van der Waals surface area contributed by atoms with Crippen molar-refractivity contribution in [1.82, 2.24) is 10.2 Å². The van der Waals surface area contributed by atoms with Gasteiger partial charge in [-0.2, -0.15) is 0 Å². The van der Waals surface area contributed by atoms with Crippen LogP contribution < -0.4 is 11.1 Å². The Bertz CT molecular complexity index is 412. The van der Waals surface area contributed by atoms with E-state index >= 15 is 0 Å². The third-order valence-electron chi connectivity index (χ3n) is 3.95. The topological polar surface area (TPSA) is 41.3 Å². The monoisotopic (exact) mass is 281 g/mol. The van der Waals surface area contributed by atoms with Crippen LogP contribution in [0.15, 0.2) is 18.2 Å². The lowest BCUT2D eigenvalue weighted by Gasteiger charge is -2.35. The number of anilines is 1. The number of nitrogens with zero attached hydrogens (tertiary/aromatic N) is 1. The largest absolute Gasteiger partial charge is 0.398 e. The van der Waals surface area contributed by atoms with E-state index in [4.69, 9.17) is 17.3 Å². The van der Waals surface area contributed by atoms with Gasteiger partial charge in [0.25, 0.3) is 0 Å². The highest BCUT2D eigenvalue weighted by molar-refractivity contribution is 6.30. The van der Waals surface area contributed by atoms with Gasteiger partial charge in [-0.3, -0.25) is 0 Å². The van der Waals surface area contributed by atoms with Crippen LogP contribution in [0, 0.1) is 0 Å². The van der Waals surface area contributed by atoms with Crippen LogP contribution in [-0.4, -0.2) is 30.1 Å². The lowest BCUT2D eigenvalue weighted by atomic mass is 10.0. The summed E-state index contributed by atoms with van der Waals surface area (Å²) in [6.45, 7) is 7.69. The summed E-state index contributed by atoms with van der Waals surface area (Å²) in [5, 5.41) is 4.35. The SMILES string of the molecule is CC(C)N1CCC(NCc2cc(Cl)ccc2N)CC1. The number of hydrogen-bond acceptors (Lipinski definition) is 3. The Balaban J connectivity index is 1.82. The van der Waals surface area contributed by atoms with Crippen molar-refractivity contribution in [2.75, 3.05) is 18.8 Å². The van der Waals surface area contributed by atoms with E-state index in [9.17, 15) is 0 Å². The van der Waals surface area contributed by atoms with E-state index in [1.54, 1.807) is 0 Å². The number of hydrogen-bond donors (Lipinski definition) is 2. The van der Waals surface area contributed by atoms with Crippen LogP contribution in [-0.2, 0) is 6.54 Å². The van der Waals surface area contributed by atoms with Crippen molar-refractivity contribution in [2.24, 2.45) is 0 Å². The molecule has 0 spiro atoms. The molecular formula is C15H24ClN3. The van der Waals surface area contributed by atoms with Crippen LogP contribution in [0.4, 0.5) is 5.69 Å². The van der Waals surface area contributed by atoms with Crippen LogP contribution in [0.2, 0.25) is 5.02 Å². The van der Waals surface area contributed by atoms with Gasteiger partial charge in [0, 0.05) is 29.3 Å². The first kappa shape index (κ1) is 14.6. The second kappa shape index (κ2) is 6.60. The van der Waals surface area contributed by atoms with Crippen molar-refractivity contribution >= 4 is 17.3 Å². The number of benzene rings is 1. The summed E-state index contributed by atoms with van der Waals surface area (Å²) in [7, 11) is 0. The van der Waals surface area contributed by atoms with Gasteiger partial charge < -0.3 is 16.0 Å². The predicted octanol–water partition coefficient (Wildman–Crippen LogP) is 2.88. The van der Waals surface area contributed by atoms with Crippen molar-refractivity contribution in [3.8, 4) is 0 Å². The normalized spacial score (nSPS) is 18.1. The molecule has 0 amide bonds. The lowest BCUT2D eigenvalue weighted by Crippen LogP contribution is -2.44. The maximum absolute atomic E-state index is 6.00. The van der Waals surface area contributed by atoms with E-state index in [0.717, 1.165) is 22.8 Å². The molecule has 1 fully saturated rings. The fraction of sp³-hybridized carbons (Fsp3) is 0.600. The summed E-state index contributed by atoms with van der Waals surface area (Å²) in [4.78, 5) is 2.53. The fourth-order valence-corrected chi connectivity index (χ4v) is 2.80. The molecule has 0 saturated carbocycles. The Morgan fingerprint density at radius 3 is 2.68 bits per heavy atom. The predicted molar refractivity (Wildman–Crippen MR) is 82.4 cm³/mol. The number of nitrogens with one attached hydrogen (secondary N) is 1. The van der Waals surface area contributed by atoms with Crippen LogP contribution in [0.1, 0.15) is 32.3 Å². The van der Waals surface area contributed by atoms with Crippen molar-refractivity contribution in [1.29, 1.82) is 0 Å². The van der Waals surface area contributed by atoms with Crippen molar-refractivity contribution in [3.63, 3.8) is 0 Å². The first-order valence-corrected chi connectivity index (χ1v) is 7.45. The second-order valence-corrected chi connectivity index (χ2v) is 6.06. The standard InChI is InChI=1S/C15H24ClN3/c1-11(2)19-7-5-14(6-8-19)18-10-12-9-13(16)3-4-15(12)17/h3-4,9,11,14,18H,5-8,10,17H2,1-2H3. The zero-order valence-corrected chi connectivity index (χ0v) is 12.6. The average molecular weight is 282 g/mol. The van der Waals surface area contributed by atoms with Gasteiger partial charge in [-0.25, -0.2) is 0 Å².